The lowest BCUT2D eigenvalue weighted by Gasteiger charge is -2.59. The van der Waals surface area contributed by atoms with E-state index in [1.54, 1.807) is 13.8 Å². The maximum atomic E-state index is 12.7. The molecule has 0 aromatic rings. The van der Waals surface area contributed by atoms with Gasteiger partial charge in [-0.05, 0) is 123 Å². The number of fused-ring (bicyclic) bond motifs is 3. The highest BCUT2D eigenvalue weighted by Gasteiger charge is 2.77. The lowest BCUT2D eigenvalue weighted by atomic mass is 9.46. The van der Waals surface area contributed by atoms with Crippen LogP contribution < -0.4 is 5.32 Å². The molecule has 0 aromatic carbocycles. The number of nitrogens with zero attached hydrogens (tertiary/aromatic N) is 1. The van der Waals surface area contributed by atoms with Crippen molar-refractivity contribution in [3.05, 3.63) is 0 Å². The summed E-state index contributed by atoms with van der Waals surface area (Å²) in [7, 11) is 0. The Morgan fingerprint density at radius 1 is 1.13 bits per heavy atom. The summed E-state index contributed by atoms with van der Waals surface area (Å²) in [5, 5.41) is 14.1. The highest BCUT2D eigenvalue weighted by atomic mass is 16.7. The summed E-state index contributed by atoms with van der Waals surface area (Å²) < 4.78 is 25.9. The Morgan fingerprint density at radius 2 is 1.87 bits per heavy atom. The molecule has 0 radical (unpaired) electrons. The molecule has 3 saturated carbocycles. The predicted molar refractivity (Wildman–Crippen MR) is 202 cm³/mol. The van der Waals surface area contributed by atoms with E-state index < -0.39 is 11.7 Å². The summed E-state index contributed by atoms with van der Waals surface area (Å²) in [6, 6.07) is -0.0774. The van der Waals surface area contributed by atoms with Gasteiger partial charge in [0.2, 0.25) is 5.91 Å². The molecule has 9 nitrogen and oxygen atoms in total. The normalized spacial score (nSPS) is 43.7. The van der Waals surface area contributed by atoms with Gasteiger partial charge in [-0.3, -0.25) is 14.5 Å². The van der Waals surface area contributed by atoms with E-state index in [-0.39, 0.29) is 64.2 Å². The number of amides is 1. The van der Waals surface area contributed by atoms with Gasteiger partial charge in [-0.1, -0.05) is 61.8 Å². The van der Waals surface area contributed by atoms with Crippen molar-refractivity contribution in [3.63, 3.8) is 0 Å². The van der Waals surface area contributed by atoms with Gasteiger partial charge >= 0.3 is 5.97 Å². The van der Waals surface area contributed by atoms with Crippen LogP contribution in [-0.4, -0.2) is 90.5 Å². The topological polar surface area (TPSA) is 107 Å². The van der Waals surface area contributed by atoms with Crippen LogP contribution in [0, 0.1) is 44.8 Å². The number of carbonyl (C=O) groups is 2. The molecule has 52 heavy (non-hydrogen) atoms. The summed E-state index contributed by atoms with van der Waals surface area (Å²) >= 11 is 0. The zero-order valence-corrected chi connectivity index (χ0v) is 34.6. The molecule has 6 rings (SSSR count). The van der Waals surface area contributed by atoms with E-state index in [1.165, 1.54) is 39.0 Å². The molecule has 3 heterocycles. The van der Waals surface area contributed by atoms with E-state index in [1.807, 2.05) is 0 Å². The van der Waals surface area contributed by atoms with Crippen LogP contribution in [0.1, 0.15) is 147 Å². The molecule has 298 valence electrons. The van der Waals surface area contributed by atoms with Crippen LogP contribution in [0.5, 0.6) is 0 Å². The molecular formula is C43H74N2O7. The lowest BCUT2D eigenvalue weighted by molar-refractivity contribution is -0.224. The van der Waals surface area contributed by atoms with Crippen LogP contribution in [0.2, 0.25) is 0 Å². The zero-order valence-electron chi connectivity index (χ0n) is 34.6. The summed E-state index contributed by atoms with van der Waals surface area (Å²) in [5.74, 6) is 1.24. The lowest BCUT2D eigenvalue weighted by Crippen LogP contribution is -2.56. The molecule has 2 N–H and O–H groups in total. The molecule has 0 bridgehead atoms. The van der Waals surface area contributed by atoms with Crippen molar-refractivity contribution in [2.75, 3.05) is 26.2 Å². The number of nitrogens with one attached hydrogen (secondary N) is 1. The standard InChI is InChI=1S/C43H74N2O7/c1-12-14-32-42(11)24-31-35(27(2)23-30(51-31)36(39(7,8)48)50-28(3)46)41(42,10)18-19-43(32)26-40(43,9)17-16-33(38(4,5)6)52-34-25-45(21-22-49-34)29-15-13-20-44-37(29)47/h27,29-36,48H,12-26H2,1-11H3,(H,44,47)/t27-,29+,30?,31?,32+,33+,34?,35?,36+,40-,41-,42+,43+/m1/s1. The first-order valence-corrected chi connectivity index (χ1v) is 21.0. The third-order valence-electron chi connectivity index (χ3n) is 15.8. The smallest absolute Gasteiger partial charge is 0.303 e. The largest absolute Gasteiger partial charge is 0.457 e. The number of morpholine rings is 1. The molecule has 3 aliphatic carbocycles. The third kappa shape index (κ3) is 7.14. The Hall–Kier alpha value is -1.26. The molecule has 4 unspecified atom stereocenters. The Labute approximate surface area is 315 Å². The van der Waals surface area contributed by atoms with Crippen molar-refractivity contribution >= 4 is 11.9 Å². The average molecular weight is 731 g/mol. The van der Waals surface area contributed by atoms with E-state index in [2.05, 4.69) is 65.6 Å². The van der Waals surface area contributed by atoms with Crippen LogP contribution >= 0.6 is 0 Å². The number of hydrogen-bond donors (Lipinski definition) is 2. The molecule has 13 atom stereocenters. The minimum Gasteiger partial charge on any atom is -0.457 e. The summed E-state index contributed by atoms with van der Waals surface area (Å²) in [5.41, 5.74) is -0.351. The van der Waals surface area contributed by atoms with Gasteiger partial charge in [-0.2, -0.15) is 0 Å². The Kier molecular flexibility index (Phi) is 11.2. The van der Waals surface area contributed by atoms with Gasteiger partial charge in [0, 0.05) is 20.0 Å². The number of ether oxygens (including phenoxy) is 4. The maximum Gasteiger partial charge on any atom is 0.303 e. The fourth-order valence-electron chi connectivity index (χ4n) is 13.0. The first-order valence-electron chi connectivity index (χ1n) is 21.0. The number of carbonyl (C=O) groups excluding carboxylic acids is 2. The minimum atomic E-state index is -1.18. The van der Waals surface area contributed by atoms with Crippen molar-refractivity contribution in [2.24, 2.45) is 44.8 Å². The first-order chi connectivity index (χ1) is 24.2. The molecule has 0 aromatic heterocycles. The second-order valence-corrected chi connectivity index (χ2v) is 20.7. The summed E-state index contributed by atoms with van der Waals surface area (Å²) in [6.45, 7) is 27.1. The van der Waals surface area contributed by atoms with Gasteiger partial charge in [-0.25, -0.2) is 0 Å². The Morgan fingerprint density at radius 3 is 2.50 bits per heavy atom. The fourth-order valence-corrected chi connectivity index (χ4v) is 13.0. The first kappa shape index (κ1) is 40.4. The second-order valence-electron chi connectivity index (χ2n) is 20.7. The van der Waals surface area contributed by atoms with Crippen molar-refractivity contribution in [1.29, 1.82) is 0 Å². The number of esters is 1. The van der Waals surface area contributed by atoms with Crippen LogP contribution in [0.3, 0.4) is 0 Å². The van der Waals surface area contributed by atoms with E-state index in [4.69, 9.17) is 18.9 Å². The van der Waals surface area contributed by atoms with E-state index in [0.29, 0.717) is 36.3 Å². The van der Waals surface area contributed by atoms with Crippen molar-refractivity contribution < 1.29 is 33.6 Å². The van der Waals surface area contributed by atoms with Gasteiger partial charge in [0.05, 0.1) is 43.1 Å². The minimum absolute atomic E-state index is 0.0372. The zero-order chi connectivity index (χ0) is 38.1. The predicted octanol–water partition coefficient (Wildman–Crippen LogP) is 7.27. The Bertz CT molecular complexity index is 1310. The number of rotatable bonds is 11. The quantitative estimate of drug-likeness (QED) is 0.214. The van der Waals surface area contributed by atoms with Gasteiger partial charge in [0.25, 0.3) is 0 Å². The van der Waals surface area contributed by atoms with Gasteiger partial charge in [-0.15, -0.1) is 0 Å². The molecule has 6 aliphatic rings. The third-order valence-corrected chi connectivity index (χ3v) is 15.8. The molecule has 9 heteroatoms. The van der Waals surface area contributed by atoms with Crippen LogP contribution in [-0.2, 0) is 28.5 Å². The van der Waals surface area contributed by atoms with Crippen LogP contribution in [0.25, 0.3) is 0 Å². The van der Waals surface area contributed by atoms with E-state index >= 15 is 0 Å². The van der Waals surface area contributed by atoms with Crippen molar-refractivity contribution in [3.8, 4) is 0 Å². The molecule has 6 fully saturated rings. The Balaban J connectivity index is 1.17. The number of aliphatic hydroxyl groups is 1. The van der Waals surface area contributed by atoms with Crippen LogP contribution in [0.15, 0.2) is 0 Å². The number of piperidine rings is 1. The molecule has 1 amide bonds. The van der Waals surface area contributed by atoms with E-state index in [9.17, 15) is 14.7 Å². The molecule has 1 spiro atoms. The van der Waals surface area contributed by atoms with Gasteiger partial charge < -0.3 is 29.4 Å². The fraction of sp³-hybridized carbons (Fsp3) is 0.953. The van der Waals surface area contributed by atoms with Crippen molar-refractivity contribution in [1.82, 2.24) is 10.2 Å². The number of hydrogen-bond acceptors (Lipinski definition) is 8. The van der Waals surface area contributed by atoms with Gasteiger partial charge in [0.1, 0.15) is 0 Å². The average Bonchev–Trinajstić information content (AvgIpc) is 3.55. The monoisotopic (exact) mass is 731 g/mol. The SMILES string of the molecule is CCC[C@@H]1[C@]2(CC[C@]3(C)C4C(C[C@@]13C)OC([C@H](OC(C)=O)C(C)(C)O)C[C@H]4C)C[C@@]2(C)CC[C@H](OC1CN([C@H]2CCCNC2=O)CCO1)C(C)(C)C. The summed E-state index contributed by atoms with van der Waals surface area (Å²) in [6.07, 6.45) is 10.9. The van der Waals surface area contributed by atoms with Gasteiger partial charge in [0.15, 0.2) is 12.4 Å². The second kappa shape index (κ2) is 14.4. The molecule has 3 saturated heterocycles. The summed E-state index contributed by atoms with van der Waals surface area (Å²) in [4.78, 5) is 27.1. The van der Waals surface area contributed by atoms with Crippen LogP contribution in [0.4, 0.5) is 0 Å². The molecule has 3 aliphatic heterocycles. The highest BCUT2D eigenvalue weighted by molar-refractivity contribution is 5.82. The highest BCUT2D eigenvalue weighted by Crippen LogP contribution is 2.83. The van der Waals surface area contributed by atoms with Crippen molar-refractivity contribution in [2.45, 2.75) is 189 Å². The maximum absolute atomic E-state index is 12.7. The molecular weight excluding hydrogens is 656 g/mol. The van der Waals surface area contributed by atoms with E-state index in [0.717, 1.165) is 51.6 Å².